The van der Waals surface area contributed by atoms with Gasteiger partial charge in [0.25, 0.3) is 0 Å². The fourth-order valence-electron chi connectivity index (χ4n) is 3.10. The molecule has 1 aromatic carbocycles. The summed E-state index contributed by atoms with van der Waals surface area (Å²) >= 11 is 0. The maximum atomic E-state index is 12.4. The van der Waals surface area contributed by atoms with Gasteiger partial charge in [0.1, 0.15) is 30.5 Å². The number of hydrogen-bond donors (Lipinski definition) is 3. The van der Waals surface area contributed by atoms with Gasteiger partial charge in [0.2, 0.25) is 0 Å². The number of amides is 3. The molecule has 3 amide bonds. The van der Waals surface area contributed by atoms with Crippen molar-refractivity contribution in [3.8, 4) is 5.75 Å². The molecule has 14 heteroatoms. The van der Waals surface area contributed by atoms with Crippen molar-refractivity contribution in [3.05, 3.63) is 35.1 Å². The molecule has 28 heavy (non-hydrogen) atoms. The summed E-state index contributed by atoms with van der Waals surface area (Å²) in [6.45, 7) is -0.876. The second-order valence-electron chi connectivity index (χ2n) is 5.98. The zero-order valence-electron chi connectivity index (χ0n) is 14.7. The number of aliphatic hydroxyl groups excluding tert-OH is 2. The number of benzene rings is 1. The Labute approximate surface area is 182 Å². The first-order valence-corrected chi connectivity index (χ1v) is 9.06. The molecule has 4 N–H and O–H groups in total. The SMILES string of the molecule is [NH-]C(=O)[C@H]1c2ccc(OCC(O)CO)cc2[C@@H]2CN1C(=O)N2OS(=O)(=O)O.[Na+]. The van der Waals surface area contributed by atoms with E-state index in [0.29, 0.717) is 10.6 Å². The molecule has 0 aromatic heterocycles. The van der Waals surface area contributed by atoms with Gasteiger partial charge in [0, 0.05) is 0 Å². The van der Waals surface area contributed by atoms with E-state index in [4.69, 9.17) is 20.1 Å². The fourth-order valence-corrected chi connectivity index (χ4v) is 3.47. The molecule has 12 nitrogen and oxygen atoms in total. The standard InChI is InChI=1S/C14H17N3O9S.Na/c15-13(20)12-9-2-1-8(25-6-7(19)5-18)3-10(9)11-4-16(12)14(21)17(11)26-27(22,23)24;/h1-3,7,11-12,18-19H,4-6H2,(H3,15,20,22,23,24);/q;+1/p-1/t7?,11-,12+;/m0./s1. The molecule has 148 valence electrons. The molecule has 1 aromatic rings. The van der Waals surface area contributed by atoms with E-state index in [2.05, 4.69) is 4.28 Å². The first kappa shape index (κ1) is 22.8. The fraction of sp³-hybridized carbons (Fsp3) is 0.429. The Balaban J connectivity index is 0.00000280. The van der Waals surface area contributed by atoms with E-state index < -0.39 is 47.1 Å². The maximum Gasteiger partial charge on any atom is 1.00 e. The second-order valence-corrected chi connectivity index (χ2v) is 6.99. The van der Waals surface area contributed by atoms with E-state index in [1.165, 1.54) is 18.2 Å². The Hall–Kier alpha value is -1.45. The first-order chi connectivity index (χ1) is 12.6. The summed E-state index contributed by atoms with van der Waals surface area (Å²) in [5.74, 6) is -0.863. The van der Waals surface area contributed by atoms with Gasteiger partial charge in [0.05, 0.1) is 19.1 Å². The second kappa shape index (κ2) is 8.51. The summed E-state index contributed by atoms with van der Waals surface area (Å²) in [4.78, 5) is 25.2. The molecule has 3 atom stereocenters. The molecular weight excluding hydrogens is 409 g/mol. The van der Waals surface area contributed by atoms with Crippen molar-refractivity contribution < 1.29 is 71.4 Å². The molecule has 0 radical (unpaired) electrons. The van der Waals surface area contributed by atoms with Crippen LogP contribution in [0.3, 0.4) is 0 Å². The average molecular weight is 425 g/mol. The summed E-state index contributed by atoms with van der Waals surface area (Å²) in [6.07, 6.45) is -1.12. The van der Waals surface area contributed by atoms with Gasteiger partial charge in [-0.1, -0.05) is 6.07 Å². The normalized spacial score (nSPS) is 21.8. The van der Waals surface area contributed by atoms with Crippen LogP contribution in [0.15, 0.2) is 18.2 Å². The van der Waals surface area contributed by atoms with E-state index >= 15 is 0 Å². The third kappa shape index (κ3) is 4.41. The molecule has 2 aliphatic rings. The Bertz CT molecular complexity index is 881. The van der Waals surface area contributed by atoms with Crippen LogP contribution in [0, 0.1) is 0 Å². The molecule has 2 heterocycles. The minimum Gasteiger partial charge on any atom is -0.666 e. The van der Waals surface area contributed by atoms with Gasteiger partial charge in [-0.25, -0.2) is 4.79 Å². The number of hydrogen-bond acceptors (Lipinski definition) is 8. The number of urea groups is 1. The van der Waals surface area contributed by atoms with Gasteiger partial charge < -0.3 is 30.4 Å². The van der Waals surface area contributed by atoms with Crippen molar-refractivity contribution in [3.63, 3.8) is 0 Å². The molecule has 1 unspecified atom stereocenters. The van der Waals surface area contributed by atoms with Gasteiger partial charge in [0.15, 0.2) is 0 Å². The van der Waals surface area contributed by atoms with Crippen LogP contribution in [0.25, 0.3) is 5.73 Å². The van der Waals surface area contributed by atoms with Crippen molar-refractivity contribution in [2.24, 2.45) is 0 Å². The quantitative estimate of drug-likeness (QED) is 0.296. The van der Waals surface area contributed by atoms with Crippen molar-refractivity contribution in [1.29, 1.82) is 0 Å². The number of fused-ring (bicyclic) bond motifs is 4. The molecule has 3 rings (SSSR count). The predicted molar refractivity (Wildman–Crippen MR) is 86.4 cm³/mol. The maximum absolute atomic E-state index is 12.4. The average Bonchev–Trinajstić information content (AvgIpc) is 2.85. The van der Waals surface area contributed by atoms with Crippen LogP contribution in [0.5, 0.6) is 5.75 Å². The van der Waals surface area contributed by atoms with Crippen molar-refractivity contribution in [1.82, 2.24) is 9.96 Å². The molecule has 1 fully saturated rings. The van der Waals surface area contributed by atoms with Crippen molar-refractivity contribution in [2.45, 2.75) is 18.2 Å². The third-order valence-electron chi connectivity index (χ3n) is 4.19. The minimum atomic E-state index is -5.00. The molecular formula is C14H16N3NaO9S. The van der Waals surface area contributed by atoms with Crippen LogP contribution in [0.4, 0.5) is 4.79 Å². The summed E-state index contributed by atoms with van der Waals surface area (Å²) in [6, 6.07) is 1.07. The number of carbonyl (C=O) groups is 2. The Morgan fingerprint density at radius 3 is 2.61 bits per heavy atom. The number of nitrogens with one attached hydrogen (secondary N) is 1. The van der Waals surface area contributed by atoms with Gasteiger partial charge in [-0.3, -0.25) is 4.55 Å². The zero-order valence-corrected chi connectivity index (χ0v) is 17.5. The summed E-state index contributed by atoms with van der Waals surface area (Å²) in [5, 5.41) is 18.6. The number of ether oxygens (including phenoxy) is 1. The Kier molecular flexibility index (Phi) is 6.94. The Morgan fingerprint density at radius 1 is 1.36 bits per heavy atom. The number of nitrogens with zero attached hydrogens (tertiary/aromatic N) is 2. The van der Waals surface area contributed by atoms with Crippen LogP contribution in [-0.4, -0.2) is 70.9 Å². The molecule has 0 spiro atoms. The van der Waals surface area contributed by atoms with E-state index in [1.807, 2.05) is 0 Å². The summed E-state index contributed by atoms with van der Waals surface area (Å²) < 4.78 is 40.7. The first-order valence-electron chi connectivity index (χ1n) is 7.70. The van der Waals surface area contributed by atoms with E-state index in [-0.39, 0.29) is 54.0 Å². The van der Waals surface area contributed by atoms with E-state index in [1.54, 1.807) is 0 Å². The van der Waals surface area contributed by atoms with Crippen LogP contribution in [-0.2, 0) is 19.5 Å². The largest absolute Gasteiger partial charge is 1.00 e. The molecule has 0 aliphatic carbocycles. The topological polar surface area (TPSA) is 178 Å². The van der Waals surface area contributed by atoms with E-state index in [9.17, 15) is 23.1 Å². The number of aliphatic hydroxyl groups is 2. The van der Waals surface area contributed by atoms with E-state index in [0.717, 1.165) is 4.90 Å². The molecule has 0 saturated carbocycles. The van der Waals surface area contributed by atoms with Crippen molar-refractivity contribution >= 4 is 22.3 Å². The number of hydroxylamine groups is 2. The molecule has 1 saturated heterocycles. The van der Waals surface area contributed by atoms with Crippen LogP contribution >= 0.6 is 0 Å². The van der Waals surface area contributed by atoms with Gasteiger partial charge in [-0.05, 0) is 23.3 Å². The van der Waals surface area contributed by atoms with Gasteiger partial charge >= 0.3 is 46.0 Å². The zero-order chi connectivity index (χ0) is 19.9. The minimum absolute atomic E-state index is 0. The van der Waals surface area contributed by atoms with Crippen LogP contribution in [0.1, 0.15) is 23.2 Å². The third-order valence-corrected chi connectivity index (χ3v) is 4.54. The summed E-state index contributed by atoms with van der Waals surface area (Å²) in [7, 11) is -5.00. The number of carbonyl (C=O) groups excluding carboxylic acids is 2. The van der Waals surface area contributed by atoms with Crippen LogP contribution in [0.2, 0.25) is 0 Å². The monoisotopic (exact) mass is 425 g/mol. The predicted octanol–water partition coefficient (Wildman–Crippen LogP) is -3.43. The molecule has 2 bridgehead atoms. The molecule has 2 aliphatic heterocycles. The smallest absolute Gasteiger partial charge is 0.666 e. The summed E-state index contributed by atoms with van der Waals surface area (Å²) in [5.41, 5.74) is 8.04. The Morgan fingerprint density at radius 2 is 2.04 bits per heavy atom. The van der Waals surface area contributed by atoms with Crippen LogP contribution < -0.4 is 34.3 Å². The van der Waals surface area contributed by atoms with Crippen molar-refractivity contribution in [2.75, 3.05) is 19.8 Å². The number of rotatable bonds is 7. The van der Waals surface area contributed by atoms with Gasteiger partial charge in [-0.2, -0.15) is 13.5 Å². The van der Waals surface area contributed by atoms with Gasteiger partial charge in [-0.15, -0.1) is 4.28 Å².